The highest BCUT2D eigenvalue weighted by Gasteiger charge is 2.18. The molecule has 5 heteroatoms. The summed E-state index contributed by atoms with van der Waals surface area (Å²) in [6.45, 7) is 2.59. The van der Waals surface area contributed by atoms with Crippen LogP contribution in [0.3, 0.4) is 0 Å². The van der Waals surface area contributed by atoms with Gasteiger partial charge in [-0.1, -0.05) is 43.0 Å². The first kappa shape index (κ1) is 15.7. The SMILES string of the molecule is C=CC(=O)OCC(CO)OC(=O)c1cccc2ccccc12. The summed E-state index contributed by atoms with van der Waals surface area (Å²) in [5.41, 5.74) is 0.395. The van der Waals surface area contributed by atoms with Crippen LogP contribution in [0.25, 0.3) is 10.8 Å². The molecule has 0 saturated carbocycles. The Balaban J connectivity index is 2.12. The van der Waals surface area contributed by atoms with Crippen LogP contribution in [0, 0.1) is 0 Å². The van der Waals surface area contributed by atoms with Crippen molar-refractivity contribution in [1.82, 2.24) is 0 Å². The lowest BCUT2D eigenvalue weighted by Crippen LogP contribution is -2.28. The minimum atomic E-state index is -0.921. The number of aliphatic hydroxyl groups excluding tert-OH is 1. The summed E-state index contributed by atoms with van der Waals surface area (Å²) in [7, 11) is 0. The lowest BCUT2D eigenvalue weighted by atomic mass is 10.0. The lowest BCUT2D eigenvalue weighted by Gasteiger charge is -2.16. The molecule has 1 atom stereocenters. The van der Waals surface area contributed by atoms with Crippen molar-refractivity contribution in [3.63, 3.8) is 0 Å². The van der Waals surface area contributed by atoms with E-state index in [1.807, 2.05) is 30.3 Å². The molecular weight excluding hydrogens is 284 g/mol. The van der Waals surface area contributed by atoms with E-state index in [9.17, 15) is 14.7 Å². The summed E-state index contributed by atoms with van der Waals surface area (Å²) in [6.07, 6.45) is 0.0800. The maximum absolute atomic E-state index is 12.2. The van der Waals surface area contributed by atoms with Crippen molar-refractivity contribution in [2.24, 2.45) is 0 Å². The van der Waals surface area contributed by atoms with Crippen LogP contribution >= 0.6 is 0 Å². The van der Waals surface area contributed by atoms with E-state index in [1.165, 1.54) is 0 Å². The monoisotopic (exact) mass is 300 g/mol. The van der Waals surface area contributed by atoms with Crippen LogP contribution in [0.15, 0.2) is 55.1 Å². The van der Waals surface area contributed by atoms with Crippen molar-refractivity contribution in [3.05, 3.63) is 60.7 Å². The van der Waals surface area contributed by atoms with E-state index in [4.69, 9.17) is 9.47 Å². The molecule has 2 aromatic carbocycles. The van der Waals surface area contributed by atoms with Crippen LogP contribution in [0.1, 0.15) is 10.4 Å². The van der Waals surface area contributed by atoms with Gasteiger partial charge in [0.1, 0.15) is 6.61 Å². The molecule has 0 spiro atoms. The predicted octanol–water partition coefficient (Wildman–Crippen LogP) is 2.09. The van der Waals surface area contributed by atoms with E-state index in [0.29, 0.717) is 5.56 Å². The lowest BCUT2D eigenvalue weighted by molar-refractivity contribution is -0.141. The van der Waals surface area contributed by atoms with Crippen molar-refractivity contribution < 1.29 is 24.2 Å². The molecule has 0 aliphatic rings. The Morgan fingerprint density at radius 3 is 2.64 bits per heavy atom. The van der Waals surface area contributed by atoms with Gasteiger partial charge in [-0.2, -0.15) is 0 Å². The number of carbonyl (C=O) groups excluding carboxylic acids is 2. The van der Waals surface area contributed by atoms with Gasteiger partial charge in [0.25, 0.3) is 0 Å². The molecule has 1 unspecified atom stereocenters. The van der Waals surface area contributed by atoms with Crippen LogP contribution in [-0.4, -0.2) is 36.4 Å². The maximum atomic E-state index is 12.2. The Morgan fingerprint density at radius 1 is 1.18 bits per heavy atom. The quantitative estimate of drug-likeness (QED) is 0.653. The van der Waals surface area contributed by atoms with Gasteiger partial charge in [-0.3, -0.25) is 0 Å². The molecule has 2 aromatic rings. The molecule has 5 nitrogen and oxygen atoms in total. The minimum Gasteiger partial charge on any atom is -0.458 e. The molecule has 2 rings (SSSR count). The molecular formula is C17H16O5. The van der Waals surface area contributed by atoms with Gasteiger partial charge in [-0.15, -0.1) is 0 Å². The predicted molar refractivity (Wildman–Crippen MR) is 81.4 cm³/mol. The zero-order chi connectivity index (χ0) is 15.9. The Hall–Kier alpha value is -2.66. The number of esters is 2. The largest absolute Gasteiger partial charge is 0.458 e. The normalized spacial score (nSPS) is 11.7. The molecule has 0 amide bonds. The zero-order valence-corrected chi connectivity index (χ0v) is 11.9. The second-order valence-electron chi connectivity index (χ2n) is 4.57. The van der Waals surface area contributed by atoms with Crippen LogP contribution in [0.5, 0.6) is 0 Å². The van der Waals surface area contributed by atoms with Gasteiger partial charge in [0.15, 0.2) is 6.10 Å². The van der Waals surface area contributed by atoms with Crippen molar-refractivity contribution in [2.45, 2.75) is 6.10 Å². The summed E-state index contributed by atoms with van der Waals surface area (Å²) in [4.78, 5) is 23.2. The van der Waals surface area contributed by atoms with Crippen molar-refractivity contribution in [3.8, 4) is 0 Å². The third-order valence-electron chi connectivity index (χ3n) is 3.07. The first-order chi connectivity index (χ1) is 10.7. The molecule has 0 fully saturated rings. The molecule has 114 valence electrons. The number of benzene rings is 2. The molecule has 0 saturated heterocycles. The van der Waals surface area contributed by atoms with E-state index >= 15 is 0 Å². The molecule has 0 heterocycles. The minimum absolute atomic E-state index is 0.224. The first-order valence-electron chi connectivity index (χ1n) is 6.74. The second-order valence-corrected chi connectivity index (χ2v) is 4.57. The molecule has 0 aromatic heterocycles. The van der Waals surface area contributed by atoms with Gasteiger partial charge in [0.2, 0.25) is 0 Å². The highest BCUT2D eigenvalue weighted by molar-refractivity contribution is 6.04. The number of hydrogen-bond acceptors (Lipinski definition) is 5. The number of carbonyl (C=O) groups is 2. The first-order valence-corrected chi connectivity index (χ1v) is 6.74. The number of rotatable bonds is 6. The summed E-state index contributed by atoms with van der Waals surface area (Å²) >= 11 is 0. The average Bonchev–Trinajstić information content (AvgIpc) is 2.57. The molecule has 0 aliphatic heterocycles. The highest BCUT2D eigenvalue weighted by atomic mass is 16.6. The second kappa shape index (κ2) is 7.38. The summed E-state index contributed by atoms with van der Waals surface area (Å²) < 4.78 is 9.96. The third kappa shape index (κ3) is 3.71. The number of hydrogen-bond donors (Lipinski definition) is 1. The Bertz CT molecular complexity index is 687. The van der Waals surface area contributed by atoms with Gasteiger partial charge in [0, 0.05) is 6.08 Å². The van der Waals surface area contributed by atoms with Gasteiger partial charge >= 0.3 is 11.9 Å². The van der Waals surface area contributed by atoms with Crippen LogP contribution < -0.4 is 0 Å². The fraction of sp³-hybridized carbons (Fsp3) is 0.176. The third-order valence-corrected chi connectivity index (χ3v) is 3.07. The van der Waals surface area contributed by atoms with E-state index in [-0.39, 0.29) is 6.61 Å². The summed E-state index contributed by atoms with van der Waals surface area (Å²) in [5, 5.41) is 10.9. The molecule has 0 bridgehead atoms. The maximum Gasteiger partial charge on any atom is 0.339 e. The zero-order valence-electron chi connectivity index (χ0n) is 11.9. The smallest absolute Gasteiger partial charge is 0.339 e. The summed E-state index contributed by atoms with van der Waals surface area (Å²) in [5.74, 6) is -1.22. The molecule has 0 aliphatic carbocycles. The van der Waals surface area contributed by atoms with E-state index < -0.39 is 24.6 Å². The van der Waals surface area contributed by atoms with E-state index in [0.717, 1.165) is 16.8 Å². The van der Waals surface area contributed by atoms with Gasteiger partial charge < -0.3 is 14.6 Å². The molecule has 1 N–H and O–H groups in total. The number of ether oxygens (including phenoxy) is 2. The van der Waals surface area contributed by atoms with Crippen molar-refractivity contribution in [2.75, 3.05) is 13.2 Å². The van der Waals surface area contributed by atoms with E-state index in [2.05, 4.69) is 6.58 Å². The topological polar surface area (TPSA) is 72.8 Å². The van der Waals surface area contributed by atoms with Gasteiger partial charge in [0.05, 0.1) is 12.2 Å². The van der Waals surface area contributed by atoms with Crippen LogP contribution in [0.2, 0.25) is 0 Å². The van der Waals surface area contributed by atoms with Crippen molar-refractivity contribution >= 4 is 22.7 Å². The standard InChI is InChI=1S/C17H16O5/c1-2-16(19)21-11-13(10-18)22-17(20)15-9-5-7-12-6-3-4-8-14(12)15/h2-9,13,18H,1,10-11H2. The summed E-state index contributed by atoms with van der Waals surface area (Å²) in [6, 6.07) is 12.7. The number of fused-ring (bicyclic) bond motifs is 1. The van der Waals surface area contributed by atoms with Gasteiger partial charge in [-0.25, -0.2) is 9.59 Å². The van der Waals surface area contributed by atoms with Crippen LogP contribution in [-0.2, 0) is 14.3 Å². The highest BCUT2D eigenvalue weighted by Crippen LogP contribution is 2.19. The van der Waals surface area contributed by atoms with Crippen molar-refractivity contribution in [1.29, 1.82) is 0 Å². The molecule has 22 heavy (non-hydrogen) atoms. The Morgan fingerprint density at radius 2 is 1.91 bits per heavy atom. The molecule has 0 radical (unpaired) electrons. The average molecular weight is 300 g/mol. The fourth-order valence-corrected chi connectivity index (χ4v) is 1.98. The fourth-order valence-electron chi connectivity index (χ4n) is 1.98. The Kier molecular flexibility index (Phi) is 5.27. The van der Waals surface area contributed by atoms with Crippen LogP contribution in [0.4, 0.5) is 0 Å². The van der Waals surface area contributed by atoms with Gasteiger partial charge in [-0.05, 0) is 16.8 Å². The Labute approximate surface area is 127 Å². The van der Waals surface area contributed by atoms with E-state index in [1.54, 1.807) is 12.1 Å². The number of aliphatic hydroxyl groups is 1.